The molecule has 25 heavy (non-hydrogen) atoms. The Morgan fingerprint density at radius 1 is 1.12 bits per heavy atom. The fourth-order valence-corrected chi connectivity index (χ4v) is 3.30. The van der Waals surface area contributed by atoms with Crippen molar-refractivity contribution >= 4 is 17.3 Å². The van der Waals surface area contributed by atoms with Gasteiger partial charge in [-0.15, -0.1) is 0 Å². The van der Waals surface area contributed by atoms with Crippen LogP contribution in [0.25, 0.3) is 0 Å². The van der Waals surface area contributed by atoms with Crippen molar-refractivity contribution in [1.82, 2.24) is 0 Å². The highest BCUT2D eigenvalue weighted by atomic mass is 16.1. The van der Waals surface area contributed by atoms with Gasteiger partial charge in [0.25, 0.3) is 0 Å². The molecule has 3 nitrogen and oxygen atoms in total. The number of likely N-dealkylation sites (N-methyl/N-ethyl adjacent to an activating group) is 1. The van der Waals surface area contributed by atoms with E-state index in [0.717, 1.165) is 25.1 Å². The van der Waals surface area contributed by atoms with Gasteiger partial charge in [-0.25, -0.2) is 0 Å². The van der Waals surface area contributed by atoms with Gasteiger partial charge in [-0.3, -0.25) is 4.79 Å². The van der Waals surface area contributed by atoms with Crippen molar-refractivity contribution in [2.45, 2.75) is 45.4 Å². The molecule has 0 unspecified atom stereocenters. The van der Waals surface area contributed by atoms with E-state index in [1.165, 1.54) is 22.4 Å². The molecule has 1 heterocycles. The quantitative estimate of drug-likeness (QED) is 0.888. The number of anilines is 2. The predicted octanol–water partition coefficient (Wildman–Crippen LogP) is 4.55. The number of fused-ring (bicyclic) bond motifs is 1. The van der Waals surface area contributed by atoms with Crippen molar-refractivity contribution in [1.29, 1.82) is 0 Å². The zero-order chi connectivity index (χ0) is 18.0. The second-order valence-corrected chi connectivity index (χ2v) is 8.01. The molecule has 1 N–H and O–H groups in total. The zero-order valence-electron chi connectivity index (χ0n) is 15.7. The predicted molar refractivity (Wildman–Crippen MR) is 106 cm³/mol. The molecule has 1 amide bonds. The summed E-state index contributed by atoms with van der Waals surface area (Å²) in [6.07, 6.45) is 2.32. The average molecular weight is 336 g/mol. The summed E-state index contributed by atoms with van der Waals surface area (Å²) in [5.41, 5.74) is 6.19. The van der Waals surface area contributed by atoms with Gasteiger partial charge in [0.1, 0.15) is 0 Å². The number of benzene rings is 2. The van der Waals surface area contributed by atoms with Crippen molar-refractivity contribution < 1.29 is 4.79 Å². The van der Waals surface area contributed by atoms with Gasteiger partial charge >= 0.3 is 0 Å². The third-order valence-corrected chi connectivity index (χ3v) is 4.95. The molecule has 0 fully saturated rings. The zero-order valence-corrected chi connectivity index (χ0v) is 15.7. The molecular weight excluding hydrogens is 308 g/mol. The van der Waals surface area contributed by atoms with Crippen LogP contribution in [0.15, 0.2) is 42.5 Å². The Kier molecular flexibility index (Phi) is 4.85. The van der Waals surface area contributed by atoms with Crippen LogP contribution in [0.4, 0.5) is 11.4 Å². The smallest absolute Gasteiger partial charge is 0.224 e. The monoisotopic (exact) mass is 336 g/mol. The van der Waals surface area contributed by atoms with Crippen molar-refractivity contribution in [3.05, 3.63) is 59.2 Å². The first-order chi connectivity index (χ1) is 11.8. The topological polar surface area (TPSA) is 32.3 Å². The molecule has 0 spiro atoms. The van der Waals surface area contributed by atoms with Gasteiger partial charge in [0.15, 0.2) is 0 Å². The lowest BCUT2D eigenvalue weighted by Gasteiger charge is -2.19. The standard InChI is InChI=1S/C22H28N2O/c1-22(2,3)18-8-5-16(6-9-18)7-12-21(25)23-19-10-11-20-17(15-19)13-14-24(20)4/h5-6,8-11,15H,7,12-14H2,1-4H3,(H,23,25). The van der Waals surface area contributed by atoms with Crippen molar-refractivity contribution in [3.63, 3.8) is 0 Å². The maximum atomic E-state index is 12.3. The van der Waals surface area contributed by atoms with E-state index in [1.807, 2.05) is 6.07 Å². The summed E-state index contributed by atoms with van der Waals surface area (Å²) in [5.74, 6) is 0.0752. The molecule has 2 aromatic carbocycles. The Balaban J connectivity index is 1.55. The minimum absolute atomic E-state index is 0.0752. The highest BCUT2D eigenvalue weighted by Crippen LogP contribution is 2.29. The second kappa shape index (κ2) is 6.91. The molecule has 0 aliphatic carbocycles. The highest BCUT2D eigenvalue weighted by Gasteiger charge is 2.16. The normalized spacial score (nSPS) is 13.7. The van der Waals surface area contributed by atoms with Crippen LogP contribution in [0.2, 0.25) is 0 Å². The molecule has 0 bridgehead atoms. The largest absolute Gasteiger partial charge is 0.374 e. The molecule has 1 aliphatic heterocycles. The molecule has 1 aliphatic rings. The van der Waals surface area contributed by atoms with Crippen molar-refractivity contribution in [2.75, 3.05) is 23.8 Å². The molecule has 0 saturated carbocycles. The number of hydrogen-bond acceptors (Lipinski definition) is 2. The maximum absolute atomic E-state index is 12.3. The van der Waals surface area contributed by atoms with Crippen LogP contribution in [-0.2, 0) is 23.1 Å². The summed E-state index contributed by atoms with van der Waals surface area (Å²) >= 11 is 0. The number of hydrogen-bond donors (Lipinski definition) is 1. The molecule has 2 aromatic rings. The van der Waals surface area contributed by atoms with Crippen molar-refractivity contribution in [3.8, 4) is 0 Å². The van der Waals surface area contributed by atoms with Crippen LogP contribution in [-0.4, -0.2) is 19.5 Å². The molecule has 0 aromatic heterocycles. The van der Waals surface area contributed by atoms with Gasteiger partial charge < -0.3 is 10.2 Å². The number of carbonyl (C=O) groups excluding carboxylic acids is 1. The molecule has 0 saturated heterocycles. The first-order valence-corrected chi connectivity index (χ1v) is 9.06. The first-order valence-electron chi connectivity index (χ1n) is 9.06. The van der Waals surface area contributed by atoms with Gasteiger partial charge in [-0.2, -0.15) is 0 Å². The number of aryl methyl sites for hydroxylation is 1. The number of nitrogens with zero attached hydrogens (tertiary/aromatic N) is 1. The Morgan fingerprint density at radius 3 is 2.52 bits per heavy atom. The highest BCUT2D eigenvalue weighted by molar-refractivity contribution is 5.91. The fourth-order valence-electron chi connectivity index (χ4n) is 3.30. The summed E-state index contributed by atoms with van der Waals surface area (Å²) in [5, 5.41) is 3.03. The third kappa shape index (κ3) is 4.22. The Hall–Kier alpha value is -2.29. The van der Waals surface area contributed by atoms with E-state index in [-0.39, 0.29) is 11.3 Å². The minimum atomic E-state index is 0.0752. The SMILES string of the molecule is CN1CCc2cc(NC(=O)CCc3ccc(C(C)(C)C)cc3)ccc21. The van der Waals surface area contributed by atoms with Crippen LogP contribution in [0, 0.1) is 0 Å². The van der Waals surface area contributed by atoms with Crippen molar-refractivity contribution in [2.24, 2.45) is 0 Å². The summed E-state index contributed by atoms with van der Waals surface area (Å²) in [7, 11) is 2.11. The van der Waals surface area contributed by atoms with Gasteiger partial charge in [-0.1, -0.05) is 45.0 Å². The van der Waals surface area contributed by atoms with E-state index in [4.69, 9.17) is 0 Å². The fraction of sp³-hybridized carbons (Fsp3) is 0.409. The Labute approximate surface area is 151 Å². The lowest BCUT2D eigenvalue weighted by atomic mass is 9.86. The van der Waals surface area contributed by atoms with E-state index >= 15 is 0 Å². The van der Waals surface area contributed by atoms with Crippen LogP contribution in [0.1, 0.15) is 43.9 Å². The maximum Gasteiger partial charge on any atom is 0.224 e. The Morgan fingerprint density at radius 2 is 1.84 bits per heavy atom. The van der Waals surface area contributed by atoms with E-state index in [1.54, 1.807) is 0 Å². The van der Waals surface area contributed by atoms with E-state index in [0.29, 0.717) is 6.42 Å². The number of nitrogens with one attached hydrogen (secondary N) is 1. The molecule has 3 heteroatoms. The van der Waals surface area contributed by atoms with Gasteiger partial charge in [0, 0.05) is 31.4 Å². The van der Waals surface area contributed by atoms with Gasteiger partial charge in [-0.05, 0) is 53.1 Å². The minimum Gasteiger partial charge on any atom is -0.374 e. The summed E-state index contributed by atoms with van der Waals surface area (Å²) < 4.78 is 0. The van der Waals surface area contributed by atoms with E-state index in [2.05, 4.69) is 74.4 Å². The van der Waals surface area contributed by atoms with Crippen LogP contribution in [0.3, 0.4) is 0 Å². The summed E-state index contributed by atoms with van der Waals surface area (Å²) in [4.78, 5) is 14.5. The Bertz CT molecular complexity index is 757. The number of amides is 1. The molecule has 0 radical (unpaired) electrons. The first kappa shape index (κ1) is 17.5. The number of carbonyl (C=O) groups is 1. The van der Waals surface area contributed by atoms with Crippen LogP contribution in [0.5, 0.6) is 0 Å². The summed E-state index contributed by atoms with van der Waals surface area (Å²) in [6.45, 7) is 7.69. The van der Waals surface area contributed by atoms with Gasteiger partial charge in [0.2, 0.25) is 5.91 Å². The molecule has 3 rings (SSSR count). The lowest BCUT2D eigenvalue weighted by Crippen LogP contribution is -2.13. The molecular formula is C22H28N2O. The second-order valence-electron chi connectivity index (χ2n) is 8.01. The van der Waals surface area contributed by atoms with Gasteiger partial charge in [0.05, 0.1) is 0 Å². The van der Waals surface area contributed by atoms with E-state index < -0.39 is 0 Å². The third-order valence-electron chi connectivity index (χ3n) is 4.95. The lowest BCUT2D eigenvalue weighted by molar-refractivity contribution is -0.116. The average Bonchev–Trinajstić information content (AvgIpc) is 2.93. The molecule has 132 valence electrons. The molecule has 0 atom stereocenters. The number of rotatable bonds is 4. The van der Waals surface area contributed by atoms with Crippen LogP contribution < -0.4 is 10.2 Å². The summed E-state index contributed by atoms with van der Waals surface area (Å²) in [6, 6.07) is 14.8. The van der Waals surface area contributed by atoms with Crippen LogP contribution >= 0.6 is 0 Å². The van der Waals surface area contributed by atoms with E-state index in [9.17, 15) is 4.79 Å².